The molecule has 0 aliphatic carbocycles. The number of rotatable bonds is 0. The van der Waals surface area contributed by atoms with Gasteiger partial charge in [-0.15, -0.1) is 0 Å². The maximum atomic E-state index is 3.08. The molecule has 1 heterocycles. The molecule has 0 unspecified atom stereocenters. The summed E-state index contributed by atoms with van der Waals surface area (Å²) in [6.07, 6.45) is 0. The fraction of sp³-hybridized carbons (Fsp3) is 0.200. The Bertz CT molecular complexity index is 107. The molecular formula is C5H5Se. The number of aryl methyl sites for hydroxylation is 1. The van der Waals surface area contributed by atoms with Crippen molar-refractivity contribution in [1.82, 2.24) is 0 Å². The van der Waals surface area contributed by atoms with Gasteiger partial charge in [0.25, 0.3) is 0 Å². The van der Waals surface area contributed by atoms with E-state index < -0.39 is 0 Å². The van der Waals surface area contributed by atoms with Crippen molar-refractivity contribution in [2.45, 2.75) is 6.92 Å². The summed E-state index contributed by atoms with van der Waals surface area (Å²) in [5.74, 6) is 0. The molecule has 1 radical (unpaired) electrons. The topological polar surface area (TPSA) is 0 Å². The van der Waals surface area contributed by atoms with E-state index in [4.69, 9.17) is 0 Å². The molecule has 1 aromatic heterocycles. The second-order valence-corrected chi connectivity index (χ2v) is 3.47. The summed E-state index contributed by atoms with van der Waals surface area (Å²) in [5.41, 5.74) is 0. The summed E-state index contributed by atoms with van der Waals surface area (Å²) in [7, 11) is 0. The Balaban J connectivity index is 3.05. The molecule has 0 spiro atoms. The SMILES string of the molecule is Cc1[c]cc[se]1. The maximum absolute atomic E-state index is 3.08. The van der Waals surface area contributed by atoms with E-state index in [0.29, 0.717) is 14.5 Å². The van der Waals surface area contributed by atoms with Gasteiger partial charge in [0.1, 0.15) is 0 Å². The van der Waals surface area contributed by atoms with Crippen LogP contribution in [0.4, 0.5) is 0 Å². The van der Waals surface area contributed by atoms with Gasteiger partial charge >= 0.3 is 42.9 Å². The molecule has 6 heavy (non-hydrogen) atoms. The van der Waals surface area contributed by atoms with E-state index in [1.54, 1.807) is 0 Å². The average molecular weight is 144 g/mol. The summed E-state index contributed by atoms with van der Waals surface area (Å²) in [6.45, 7) is 2.11. The molecule has 0 aliphatic heterocycles. The van der Waals surface area contributed by atoms with Crippen LogP contribution < -0.4 is 0 Å². The molecule has 1 heteroatoms. The van der Waals surface area contributed by atoms with Crippen molar-refractivity contribution in [2.75, 3.05) is 0 Å². The standard InChI is InChI=1S/C5H5Se/c1-5-3-2-4-6-5/h2,4H,1H3. The zero-order valence-electron chi connectivity index (χ0n) is 3.56. The molecule has 0 atom stereocenters. The van der Waals surface area contributed by atoms with E-state index in [0.717, 1.165) is 0 Å². The van der Waals surface area contributed by atoms with E-state index in [1.807, 2.05) is 6.07 Å². The minimum absolute atomic E-state index is 0.653. The Labute approximate surface area is 43.6 Å². The molecule has 1 rings (SSSR count). The van der Waals surface area contributed by atoms with Gasteiger partial charge in [0.05, 0.1) is 0 Å². The van der Waals surface area contributed by atoms with Crippen molar-refractivity contribution in [1.29, 1.82) is 0 Å². The summed E-state index contributed by atoms with van der Waals surface area (Å²) < 4.78 is 1.41. The zero-order chi connectivity index (χ0) is 4.41. The van der Waals surface area contributed by atoms with Crippen LogP contribution in [0.5, 0.6) is 0 Å². The molecule has 0 saturated heterocycles. The van der Waals surface area contributed by atoms with Crippen LogP contribution in [0.2, 0.25) is 0 Å². The van der Waals surface area contributed by atoms with Crippen molar-refractivity contribution in [3.05, 3.63) is 21.5 Å². The summed E-state index contributed by atoms with van der Waals surface area (Å²) >= 11 is 0.653. The molecule has 0 aliphatic rings. The normalized spacial score (nSPS) is 8.83. The van der Waals surface area contributed by atoms with E-state index in [1.165, 1.54) is 4.44 Å². The molecule has 0 amide bonds. The fourth-order valence-electron chi connectivity index (χ4n) is 0.321. The summed E-state index contributed by atoms with van der Waals surface area (Å²) in [4.78, 5) is 2.17. The van der Waals surface area contributed by atoms with Gasteiger partial charge in [0.2, 0.25) is 0 Å². The first-order valence-corrected chi connectivity index (χ1v) is 3.66. The fourth-order valence-corrected chi connectivity index (χ4v) is 1.32. The predicted molar refractivity (Wildman–Crippen MR) is 27.0 cm³/mol. The quantitative estimate of drug-likeness (QED) is 0.473. The Morgan fingerprint density at radius 1 is 1.83 bits per heavy atom. The van der Waals surface area contributed by atoms with Crippen LogP contribution in [0.25, 0.3) is 0 Å². The third-order valence-electron chi connectivity index (χ3n) is 0.599. The van der Waals surface area contributed by atoms with Gasteiger partial charge < -0.3 is 0 Å². The van der Waals surface area contributed by atoms with Gasteiger partial charge in [-0.2, -0.15) is 0 Å². The van der Waals surface area contributed by atoms with Crippen LogP contribution in [-0.4, -0.2) is 14.5 Å². The molecule has 31 valence electrons. The molecule has 0 bridgehead atoms. The van der Waals surface area contributed by atoms with Gasteiger partial charge in [-0.05, 0) is 0 Å². The molecular weight excluding hydrogens is 139 g/mol. The van der Waals surface area contributed by atoms with Crippen LogP contribution in [0.15, 0.2) is 11.0 Å². The van der Waals surface area contributed by atoms with Gasteiger partial charge in [-0.1, -0.05) is 0 Å². The second-order valence-electron chi connectivity index (χ2n) is 1.12. The Kier molecular flexibility index (Phi) is 1.13. The van der Waals surface area contributed by atoms with Gasteiger partial charge in [-0.3, -0.25) is 0 Å². The Morgan fingerprint density at radius 3 is 2.83 bits per heavy atom. The van der Waals surface area contributed by atoms with Crippen LogP contribution in [0.1, 0.15) is 4.44 Å². The van der Waals surface area contributed by atoms with Crippen molar-refractivity contribution in [3.8, 4) is 0 Å². The van der Waals surface area contributed by atoms with Crippen molar-refractivity contribution in [2.24, 2.45) is 0 Å². The second kappa shape index (κ2) is 1.63. The molecule has 1 aromatic rings. The van der Waals surface area contributed by atoms with Crippen molar-refractivity contribution < 1.29 is 0 Å². The molecule has 0 aromatic carbocycles. The average Bonchev–Trinajstić information content (AvgIpc) is 1.86. The zero-order valence-corrected chi connectivity index (χ0v) is 5.28. The first kappa shape index (κ1) is 4.17. The van der Waals surface area contributed by atoms with Crippen LogP contribution in [0.3, 0.4) is 0 Å². The van der Waals surface area contributed by atoms with Crippen LogP contribution >= 0.6 is 0 Å². The van der Waals surface area contributed by atoms with Gasteiger partial charge in [-0.25, -0.2) is 0 Å². The van der Waals surface area contributed by atoms with Crippen molar-refractivity contribution >= 4 is 14.5 Å². The minimum atomic E-state index is 0.653. The number of hydrogen-bond donors (Lipinski definition) is 0. The van der Waals surface area contributed by atoms with E-state index >= 15 is 0 Å². The van der Waals surface area contributed by atoms with Crippen LogP contribution in [-0.2, 0) is 0 Å². The molecule has 0 saturated carbocycles. The first-order chi connectivity index (χ1) is 2.89. The molecule has 0 N–H and O–H groups in total. The van der Waals surface area contributed by atoms with E-state index in [2.05, 4.69) is 17.9 Å². The van der Waals surface area contributed by atoms with Gasteiger partial charge in [0, 0.05) is 0 Å². The monoisotopic (exact) mass is 145 g/mol. The van der Waals surface area contributed by atoms with Crippen LogP contribution in [0, 0.1) is 13.0 Å². The first-order valence-electron chi connectivity index (χ1n) is 1.81. The third-order valence-corrected chi connectivity index (χ3v) is 2.16. The van der Waals surface area contributed by atoms with E-state index in [9.17, 15) is 0 Å². The van der Waals surface area contributed by atoms with Crippen molar-refractivity contribution in [3.63, 3.8) is 0 Å². The molecule has 0 nitrogen and oxygen atoms in total. The number of hydrogen-bond acceptors (Lipinski definition) is 0. The van der Waals surface area contributed by atoms with Gasteiger partial charge in [0.15, 0.2) is 0 Å². The molecule has 0 fully saturated rings. The van der Waals surface area contributed by atoms with E-state index in [-0.39, 0.29) is 0 Å². The third kappa shape index (κ3) is 0.734. The summed E-state index contributed by atoms with van der Waals surface area (Å²) in [6, 6.07) is 5.08. The predicted octanol–water partition coefficient (Wildman–Crippen LogP) is 0.852. The Hall–Kier alpha value is -0.000519. The summed E-state index contributed by atoms with van der Waals surface area (Å²) in [5, 5.41) is 0. The Morgan fingerprint density at radius 2 is 2.67 bits per heavy atom.